The zero-order valence-corrected chi connectivity index (χ0v) is 10.4. The zero-order valence-electron chi connectivity index (χ0n) is 9.64. The fourth-order valence-electron chi connectivity index (χ4n) is 1.50. The Bertz CT molecular complexity index is 568. The number of nitrogens with zero attached hydrogens (tertiary/aromatic N) is 2. The Morgan fingerprint density at radius 2 is 2.33 bits per heavy atom. The topological polar surface area (TPSA) is 96.7 Å². The third-order valence-corrected chi connectivity index (χ3v) is 2.65. The molecule has 1 aromatic carbocycles. The van der Waals surface area contributed by atoms with Crippen molar-refractivity contribution in [2.24, 2.45) is 0 Å². The molecule has 0 saturated carbocycles. The standard InChI is InChI=1S/C11H12ClN5O/c1-6(7-3-2-4-8(12)5-7)14-10(18)9-15-11(13)17-16-9/h2-6H,1H3,(H,14,18)(H3,13,15,16,17). The Hall–Kier alpha value is -2.08. The third kappa shape index (κ3) is 2.78. The number of H-pyrrole nitrogens is 1. The Labute approximate surface area is 109 Å². The fourth-order valence-corrected chi connectivity index (χ4v) is 1.70. The summed E-state index contributed by atoms with van der Waals surface area (Å²) >= 11 is 5.89. The average molecular weight is 266 g/mol. The zero-order chi connectivity index (χ0) is 13.1. The smallest absolute Gasteiger partial charge is 0.289 e. The van der Waals surface area contributed by atoms with Crippen LogP contribution in [0.25, 0.3) is 0 Å². The number of hydrogen-bond donors (Lipinski definition) is 3. The normalized spacial score (nSPS) is 12.1. The molecule has 2 rings (SSSR count). The molecule has 2 aromatic rings. The molecule has 0 aliphatic rings. The van der Waals surface area contributed by atoms with E-state index < -0.39 is 0 Å². The first kappa shape index (κ1) is 12.4. The van der Waals surface area contributed by atoms with Crippen molar-refractivity contribution in [3.8, 4) is 0 Å². The highest BCUT2D eigenvalue weighted by atomic mass is 35.5. The van der Waals surface area contributed by atoms with Crippen molar-refractivity contribution >= 4 is 23.5 Å². The van der Waals surface area contributed by atoms with Gasteiger partial charge in [0.05, 0.1) is 6.04 Å². The quantitative estimate of drug-likeness (QED) is 0.784. The molecule has 18 heavy (non-hydrogen) atoms. The van der Waals surface area contributed by atoms with E-state index in [2.05, 4.69) is 20.5 Å². The molecule has 1 aromatic heterocycles. The molecule has 1 unspecified atom stereocenters. The van der Waals surface area contributed by atoms with E-state index in [1.165, 1.54) is 0 Å². The van der Waals surface area contributed by atoms with Gasteiger partial charge in [0.2, 0.25) is 11.8 Å². The number of carbonyl (C=O) groups is 1. The minimum absolute atomic E-state index is 0.0376. The number of nitrogen functional groups attached to an aromatic ring is 1. The van der Waals surface area contributed by atoms with Gasteiger partial charge in [-0.15, -0.1) is 5.10 Å². The van der Waals surface area contributed by atoms with Crippen LogP contribution in [0.3, 0.4) is 0 Å². The molecule has 4 N–H and O–H groups in total. The van der Waals surface area contributed by atoms with Gasteiger partial charge < -0.3 is 11.1 Å². The van der Waals surface area contributed by atoms with Crippen LogP contribution >= 0.6 is 11.6 Å². The number of nitrogens with one attached hydrogen (secondary N) is 2. The molecule has 0 radical (unpaired) electrons. The molecular formula is C11H12ClN5O. The summed E-state index contributed by atoms with van der Waals surface area (Å²) in [7, 11) is 0. The van der Waals surface area contributed by atoms with Crippen LogP contribution in [-0.2, 0) is 0 Å². The van der Waals surface area contributed by atoms with Crippen molar-refractivity contribution in [3.63, 3.8) is 0 Å². The van der Waals surface area contributed by atoms with E-state index in [1.54, 1.807) is 12.1 Å². The van der Waals surface area contributed by atoms with Crippen LogP contribution in [0.2, 0.25) is 5.02 Å². The van der Waals surface area contributed by atoms with Crippen LogP contribution in [0, 0.1) is 0 Å². The number of nitrogens with two attached hydrogens (primary N) is 1. The first-order chi connectivity index (χ1) is 8.56. The van der Waals surface area contributed by atoms with E-state index in [0.29, 0.717) is 5.02 Å². The number of halogens is 1. The van der Waals surface area contributed by atoms with E-state index in [4.69, 9.17) is 17.3 Å². The summed E-state index contributed by atoms with van der Waals surface area (Å²) in [4.78, 5) is 15.5. The summed E-state index contributed by atoms with van der Waals surface area (Å²) in [6.07, 6.45) is 0. The number of benzene rings is 1. The summed E-state index contributed by atoms with van der Waals surface area (Å²) in [6.45, 7) is 1.85. The van der Waals surface area contributed by atoms with Crippen LogP contribution in [-0.4, -0.2) is 21.1 Å². The number of carbonyl (C=O) groups excluding carboxylic acids is 1. The maximum Gasteiger partial charge on any atom is 0.289 e. The van der Waals surface area contributed by atoms with Gasteiger partial charge >= 0.3 is 0 Å². The number of aromatic nitrogens is 3. The van der Waals surface area contributed by atoms with Crippen LogP contribution in [0.4, 0.5) is 5.95 Å². The molecule has 6 nitrogen and oxygen atoms in total. The minimum atomic E-state index is -0.369. The predicted octanol–water partition coefficient (Wildman–Crippen LogP) is 1.53. The van der Waals surface area contributed by atoms with Crippen molar-refractivity contribution in [2.45, 2.75) is 13.0 Å². The molecule has 1 amide bonds. The van der Waals surface area contributed by atoms with Gasteiger partial charge in [0.1, 0.15) is 0 Å². The second-order valence-electron chi connectivity index (χ2n) is 3.79. The molecule has 0 aliphatic heterocycles. The highest BCUT2D eigenvalue weighted by Crippen LogP contribution is 2.17. The molecule has 0 fully saturated rings. The van der Waals surface area contributed by atoms with E-state index >= 15 is 0 Å². The van der Waals surface area contributed by atoms with Crippen LogP contribution in [0.15, 0.2) is 24.3 Å². The summed E-state index contributed by atoms with van der Waals surface area (Å²) in [5.74, 6) is -0.247. The number of rotatable bonds is 3. The van der Waals surface area contributed by atoms with Gasteiger partial charge in [-0.05, 0) is 24.6 Å². The lowest BCUT2D eigenvalue weighted by molar-refractivity contribution is 0.0930. The number of aromatic amines is 1. The van der Waals surface area contributed by atoms with Gasteiger partial charge in [-0.2, -0.15) is 4.98 Å². The molecule has 1 atom stereocenters. The van der Waals surface area contributed by atoms with Crippen molar-refractivity contribution in [1.29, 1.82) is 0 Å². The van der Waals surface area contributed by atoms with Crippen LogP contribution in [0.5, 0.6) is 0 Å². The molecule has 94 valence electrons. The number of hydrogen-bond acceptors (Lipinski definition) is 4. The van der Waals surface area contributed by atoms with E-state index in [0.717, 1.165) is 5.56 Å². The highest BCUT2D eigenvalue weighted by molar-refractivity contribution is 6.30. The molecule has 1 heterocycles. The summed E-state index contributed by atoms with van der Waals surface area (Å²) in [6, 6.07) is 7.08. The number of amides is 1. The van der Waals surface area contributed by atoms with Crippen molar-refractivity contribution in [1.82, 2.24) is 20.5 Å². The lowest BCUT2D eigenvalue weighted by Crippen LogP contribution is -2.27. The minimum Gasteiger partial charge on any atom is -0.366 e. The van der Waals surface area contributed by atoms with Crippen LogP contribution < -0.4 is 11.1 Å². The van der Waals surface area contributed by atoms with E-state index in [9.17, 15) is 4.79 Å². The van der Waals surface area contributed by atoms with Gasteiger partial charge in [-0.1, -0.05) is 23.7 Å². The Morgan fingerprint density at radius 1 is 1.56 bits per heavy atom. The second kappa shape index (κ2) is 5.05. The maximum absolute atomic E-state index is 11.8. The average Bonchev–Trinajstić information content (AvgIpc) is 2.76. The maximum atomic E-state index is 11.8. The Kier molecular flexibility index (Phi) is 3.47. The summed E-state index contributed by atoms with van der Waals surface area (Å²) in [5, 5.41) is 9.43. The molecule has 0 saturated heterocycles. The van der Waals surface area contributed by atoms with Gasteiger partial charge in [0.15, 0.2) is 0 Å². The first-order valence-corrected chi connectivity index (χ1v) is 5.68. The molecule has 7 heteroatoms. The van der Waals surface area contributed by atoms with Gasteiger partial charge in [-0.25, -0.2) is 0 Å². The Morgan fingerprint density at radius 3 is 2.94 bits per heavy atom. The second-order valence-corrected chi connectivity index (χ2v) is 4.23. The molecular weight excluding hydrogens is 254 g/mol. The van der Waals surface area contributed by atoms with Crippen molar-refractivity contribution in [2.75, 3.05) is 5.73 Å². The van der Waals surface area contributed by atoms with E-state index in [1.807, 2.05) is 19.1 Å². The van der Waals surface area contributed by atoms with Crippen molar-refractivity contribution < 1.29 is 4.79 Å². The summed E-state index contributed by atoms with van der Waals surface area (Å²) < 4.78 is 0. The molecule has 0 aliphatic carbocycles. The highest BCUT2D eigenvalue weighted by Gasteiger charge is 2.14. The lowest BCUT2D eigenvalue weighted by Gasteiger charge is -2.13. The Balaban J connectivity index is 2.07. The first-order valence-electron chi connectivity index (χ1n) is 5.30. The van der Waals surface area contributed by atoms with Crippen LogP contribution in [0.1, 0.15) is 29.1 Å². The summed E-state index contributed by atoms with van der Waals surface area (Å²) in [5.41, 5.74) is 6.23. The number of anilines is 1. The molecule has 0 spiro atoms. The fraction of sp³-hybridized carbons (Fsp3) is 0.182. The monoisotopic (exact) mass is 265 g/mol. The van der Waals surface area contributed by atoms with Crippen molar-refractivity contribution in [3.05, 3.63) is 40.7 Å². The van der Waals surface area contributed by atoms with Gasteiger partial charge in [0.25, 0.3) is 5.91 Å². The SMILES string of the molecule is CC(NC(=O)c1nc(N)n[nH]1)c1cccc(Cl)c1. The predicted molar refractivity (Wildman–Crippen MR) is 68.1 cm³/mol. The third-order valence-electron chi connectivity index (χ3n) is 2.41. The largest absolute Gasteiger partial charge is 0.366 e. The molecule has 0 bridgehead atoms. The van der Waals surface area contributed by atoms with Gasteiger partial charge in [-0.3, -0.25) is 9.89 Å². The van der Waals surface area contributed by atoms with Gasteiger partial charge in [0, 0.05) is 5.02 Å². The lowest BCUT2D eigenvalue weighted by atomic mass is 10.1. The van der Waals surface area contributed by atoms with E-state index in [-0.39, 0.29) is 23.7 Å².